The Morgan fingerprint density at radius 2 is 1.30 bits per heavy atom. The number of aliphatic hydroxyl groups is 2. The zero-order chi connectivity index (χ0) is 28.7. The monoisotopic (exact) mass is 538 g/mol. The van der Waals surface area contributed by atoms with Crippen LogP contribution in [0.15, 0.2) is 0 Å². The van der Waals surface area contributed by atoms with Crippen LogP contribution in [0.3, 0.4) is 0 Å². The fraction of sp³-hybridized carbons (Fsp3) is 0.625. The Labute approximate surface area is 212 Å². The van der Waals surface area contributed by atoms with Gasteiger partial charge in [-0.25, -0.2) is 22.4 Å². The van der Waals surface area contributed by atoms with Crippen LogP contribution in [0.25, 0.3) is 0 Å². The summed E-state index contributed by atoms with van der Waals surface area (Å²) in [4.78, 5) is 38.1. The summed E-state index contributed by atoms with van der Waals surface area (Å²) in [5.41, 5.74) is -4.74. The second-order valence-electron chi connectivity index (χ2n) is 10.1. The van der Waals surface area contributed by atoms with Crippen LogP contribution < -0.4 is 10.2 Å². The molecule has 0 saturated heterocycles. The van der Waals surface area contributed by atoms with Crippen molar-refractivity contribution in [1.82, 2.24) is 5.32 Å². The van der Waals surface area contributed by atoms with Gasteiger partial charge in [-0.05, 0) is 48.0 Å². The van der Waals surface area contributed by atoms with Crippen molar-refractivity contribution in [2.45, 2.75) is 71.6 Å². The summed E-state index contributed by atoms with van der Waals surface area (Å²) in [7, 11) is 0. The number of anilines is 1. The van der Waals surface area contributed by atoms with Gasteiger partial charge in [-0.3, -0.25) is 9.59 Å². The Morgan fingerprint density at radius 1 is 0.838 bits per heavy atom. The Kier molecular flexibility index (Phi) is 11.3. The summed E-state index contributed by atoms with van der Waals surface area (Å²) in [6.07, 6.45) is -0.798. The van der Waals surface area contributed by atoms with Crippen molar-refractivity contribution in [3.63, 3.8) is 0 Å². The molecular weight excluding hydrogens is 504 g/mol. The van der Waals surface area contributed by atoms with Crippen LogP contribution in [-0.2, 0) is 19.1 Å². The number of esters is 2. The molecule has 0 fully saturated rings. The molecule has 0 aromatic heterocycles. The number of aliphatic hydroxyl groups excluding tert-OH is 2. The van der Waals surface area contributed by atoms with Crippen molar-refractivity contribution in [2.24, 2.45) is 0 Å². The highest BCUT2D eigenvalue weighted by Gasteiger charge is 2.35. The van der Waals surface area contributed by atoms with Crippen LogP contribution >= 0.6 is 0 Å². The van der Waals surface area contributed by atoms with E-state index >= 15 is 0 Å². The van der Waals surface area contributed by atoms with Crippen LogP contribution in [0.1, 0.15) is 64.7 Å². The van der Waals surface area contributed by atoms with Gasteiger partial charge < -0.3 is 29.9 Å². The van der Waals surface area contributed by atoms with Gasteiger partial charge in [0.1, 0.15) is 28.5 Å². The lowest BCUT2D eigenvalue weighted by molar-refractivity contribution is -0.158. The summed E-state index contributed by atoms with van der Waals surface area (Å²) in [6, 6.07) is -1.62. The third-order valence-corrected chi connectivity index (χ3v) is 4.58. The van der Waals surface area contributed by atoms with Crippen molar-refractivity contribution in [3.05, 3.63) is 28.8 Å². The molecule has 1 aromatic rings. The molecule has 0 unspecified atom stereocenters. The van der Waals surface area contributed by atoms with Gasteiger partial charge in [-0.15, -0.1) is 0 Å². The highest BCUT2D eigenvalue weighted by atomic mass is 19.2. The molecule has 13 heteroatoms. The lowest BCUT2D eigenvalue weighted by Crippen LogP contribution is -2.45. The number of benzene rings is 1. The van der Waals surface area contributed by atoms with Gasteiger partial charge in [-0.1, -0.05) is 0 Å². The standard InChI is InChI=1S/C24H34F4N2O7/c1-23(2,3)36-14(33)8-7-13(22(35)37-24(4,5)6)29-21(34)15-16(25)18(27)20(19(28)17(15)26)30(9-11-31)10-12-32/h13,31-32H,7-12H2,1-6H3,(H,29,34)/t13-/m0/s1. The molecule has 0 aliphatic carbocycles. The van der Waals surface area contributed by atoms with Crippen molar-refractivity contribution < 1.29 is 51.6 Å². The number of hydrogen-bond donors (Lipinski definition) is 3. The van der Waals surface area contributed by atoms with Crippen LogP contribution in [0.5, 0.6) is 0 Å². The summed E-state index contributed by atoms with van der Waals surface area (Å²) >= 11 is 0. The molecule has 0 spiro atoms. The Hall–Kier alpha value is -2.93. The van der Waals surface area contributed by atoms with E-state index in [4.69, 9.17) is 19.7 Å². The van der Waals surface area contributed by atoms with Gasteiger partial charge >= 0.3 is 11.9 Å². The molecular formula is C24H34F4N2O7. The zero-order valence-electron chi connectivity index (χ0n) is 21.7. The van der Waals surface area contributed by atoms with E-state index in [9.17, 15) is 31.9 Å². The number of hydrogen-bond acceptors (Lipinski definition) is 8. The van der Waals surface area contributed by atoms with E-state index in [2.05, 4.69) is 0 Å². The zero-order valence-corrected chi connectivity index (χ0v) is 21.7. The molecule has 0 bridgehead atoms. The smallest absolute Gasteiger partial charge is 0.329 e. The van der Waals surface area contributed by atoms with Crippen LogP contribution in [0, 0.1) is 23.3 Å². The van der Waals surface area contributed by atoms with E-state index in [1.54, 1.807) is 20.8 Å². The maximum atomic E-state index is 14.8. The van der Waals surface area contributed by atoms with E-state index in [0.717, 1.165) is 0 Å². The number of carbonyl (C=O) groups excluding carboxylic acids is 3. The van der Waals surface area contributed by atoms with Crippen molar-refractivity contribution in [1.29, 1.82) is 0 Å². The molecule has 1 atom stereocenters. The third kappa shape index (κ3) is 9.47. The minimum atomic E-state index is -2.05. The first-order chi connectivity index (χ1) is 16.9. The fourth-order valence-electron chi connectivity index (χ4n) is 3.18. The molecule has 0 saturated carbocycles. The van der Waals surface area contributed by atoms with E-state index in [-0.39, 0.29) is 0 Å². The number of ether oxygens (including phenoxy) is 2. The number of carbonyl (C=O) groups is 3. The molecule has 0 aliphatic heterocycles. The highest BCUT2D eigenvalue weighted by Crippen LogP contribution is 2.31. The molecule has 1 amide bonds. The average molecular weight is 539 g/mol. The number of nitrogens with one attached hydrogen (secondary N) is 1. The van der Waals surface area contributed by atoms with Crippen LogP contribution in [-0.4, -0.2) is 71.6 Å². The minimum absolute atomic E-state index is 0.397. The Balaban J connectivity index is 3.35. The van der Waals surface area contributed by atoms with Gasteiger partial charge in [0.05, 0.1) is 13.2 Å². The Morgan fingerprint density at radius 3 is 1.70 bits per heavy atom. The average Bonchev–Trinajstić information content (AvgIpc) is 2.73. The van der Waals surface area contributed by atoms with Gasteiger partial charge in [0, 0.05) is 19.5 Å². The molecule has 0 heterocycles. The van der Waals surface area contributed by atoms with Gasteiger partial charge in [0.25, 0.3) is 5.91 Å². The summed E-state index contributed by atoms with van der Waals surface area (Å²) in [5, 5.41) is 20.1. The quantitative estimate of drug-likeness (QED) is 0.223. The highest BCUT2D eigenvalue weighted by molar-refractivity contribution is 5.98. The molecule has 0 radical (unpaired) electrons. The minimum Gasteiger partial charge on any atom is -0.460 e. The molecule has 1 aromatic carbocycles. The molecule has 3 N–H and O–H groups in total. The topological polar surface area (TPSA) is 125 Å². The number of rotatable bonds is 11. The summed E-state index contributed by atoms with van der Waals surface area (Å²) < 4.78 is 69.5. The SMILES string of the molecule is CC(C)(C)OC(=O)CC[C@H](NC(=O)c1c(F)c(F)c(N(CCO)CCO)c(F)c1F)C(=O)OC(C)(C)C. The van der Waals surface area contributed by atoms with Crippen LogP contribution in [0.2, 0.25) is 0 Å². The van der Waals surface area contributed by atoms with Crippen molar-refractivity contribution >= 4 is 23.5 Å². The normalized spacial score (nSPS) is 12.6. The predicted molar refractivity (Wildman–Crippen MR) is 125 cm³/mol. The second kappa shape index (κ2) is 13.0. The lowest BCUT2D eigenvalue weighted by atomic mass is 10.1. The van der Waals surface area contributed by atoms with Gasteiger partial charge in [-0.2, -0.15) is 0 Å². The largest absolute Gasteiger partial charge is 0.460 e. The maximum absolute atomic E-state index is 14.8. The molecule has 0 aliphatic rings. The van der Waals surface area contributed by atoms with Crippen molar-refractivity contribution in [2.75, 3.05) is 31.2 Å². The van der Waals surface area contributed by atoms with E-state index < -0.39 is 109 Å². The number of nitrogens with zero attached hydrogens (tertiary/aromatic N) is 1. The first-order valence-electron chi connectivity index (χ1n) is 11.5. The molecule has 37 heavy (non-hydrogen) atoms. The first kappa shape index (κ1) is 32.1. The van der Waals surface area contributed by atoms with Gasteiger partial charge in [0.15, 0.2) is 23.3 Å². The number of amides is 1. The molecule has 210 valence electrons. The van der Waals surface area contributed by atoms with Crippen molar-refractivity contribution in [3.8, 4) is 0 Å². The number of halogens is 4. The van der Waals surface area contributed by atoms with Crippen LogP contribution in [0.4, 0.5) is 23.2 Å². The first-order valence-corrected chi connectivity index (χ1v) is 11.5. The summed E-state index contributed by atoms with van der Waals surface area (Å²) in [6.45, 7) is 7.14. The molecule has 1 rings (SSSR count). The van der Waals surface area contributed by atoms with Gasteiger partial charge in [0.2, 0.25) is 0 Å². The molecule has 9 nitrogen and oxygen atoms in total. The maximum Gasteiger partial charge on any atom is 0.329 e. The Bertz CT molecular complexity index is 956. The van der Waals surface area contributed by atoms with E-state index in [1.807, 2.05) is 5.32 Å². The van der Waals surface area contributed by atoms with E-state index in [1.165, 1.54) is 20.8 Å². The summed E-state index contributed by atoms with van der Waals surface area (Å²) in [5.74, 6) is -11.4. The predicted octanol–water partition coefficient (Wildman–Crippen LogP) is 2.60. The lowest BCUT2D eigenvalue weighted by Gasteiger charge is -2.26. The fourth-order valence-corrected chi connectivity index (χ4v) is 3.18. The van der Waals surface area contributed by atoms with E-state index in [0.29, 0.717) is 4.90 Å². The third-order valence-electron chi connectivity index (χ3n) is 4.58. The second-order valence-corrected chi connectivity index (χ2v) is 10.1.